The molecule has 0 spiro atoms. The van der Waals surface area contributed by atoms with Crippen molar-refractivity contribution in [3.05, 3.63) is 35.4 Å². The van der Waals surface area contributed by atoms with Gasteiger partial charge in [-0.15, -0.1) is 0 Å². The van der Waals surface area contributed by atoms with Crippen LogP contribution in [-0.4, -0.2) is 48.6 Å². The van der Waals surface area contributed by atoms with Gasteiger partial charge in [0, 0.05) is 20.1 Å². The minimum Gasteiger partial charge on any atom is -0.362 e. The zero-order valence-electron chi connectivity index (χ0n) is 23.7. The van der Waals surface area contributed by atoms with E-state index < -0.39 is 5.54 Å². The highest BCUT2D eigenvalue weighted by Gasteiger charge is 2.30. The van der Waals surface area contributed by atoms with Gasteiger partial charge in [-0.05, 0) is 88.2 Å². The summed E-state index contributed by atoms with van der Waals surface area (Å²) in [5.41, 5.74) is 2.68. The van der Waals surface area contributed by atoms with Crippen molar-refractivity contribution >= 4 is 18.0 Å². The van der Waals surface area contributed by atoms with Crippen molar-refractivity contribution in [1.29, 1.82) is 0 Å². The lowest BCUT2D eigenvalue weighted by atomic mass is 9.85. The topological polar surface area (TPSA) is 61.8 Å². The summed E-state index contributed by atoms with van der Waals surface area (Å²) in [4.78, 5) is 27.7. The van der Waals surface area contributed by atoms with E-state index in [-0.39, 0.29) is 5.78 Å². The molecule has 198 valence electrons. The molecule has 1 aromatic carbocycles. The van der Waals surface area contributed by atoms with E-state index in [1.807, 2.05) is 18.7 Å². The van der Waals surface area contributed by atoms with E-state index in [0.717, 1.165) is 43.6 Å². The Hall–Kier alpha value is -2.17. The number of hydrogen-bond donors (Lipinski definition) is 1. The average Bonchev–Trinajstić information content (AvgIpc) is 2.84. The molecule has 1 aliphatic heterocycles. The van der Waals surface area contributed by atoms with Gasteiger partial charge >= 0.3 is 0 Å². The van der Waals surface area contributed by atoms with E-state index in [1.165, 1.54) is 38.5 Å². The number of amidine groups is 1. The van der Waals surface area contributed by atoms with Gasteiger partial charge in [0.05, 0.1) is 11.4 Å². The van der Waals surface area contributed by atoms with Crippen molar-refractivity contribution in [2.75, 3.05) is 20.1 Å². The van der Waals surface area contributed by atoms with E-state index >= 15 is 0 Å². The summed E-state index contributed by atoms with van der Waals surface area (Å²) in [6.07, 6.45) is 9.42. The fourth-order valence-corrected chi connectivity index (χ4v) is 4.90. The standard InChI is InChI=1S/C11H22N2O.C11H14.C8H15NO/c1-8(2)7-11(5,9(3)14)13-10(4)12-6;1-9-6-7-10-4-2-3-5-11(10)8-9;1-2-8-3-5-9(7-10)6-4-8/h8H,7H2,1-6H3,(H,12,13);2-5,9H,6-8H2,1H3;7-8H,2-6H2,1H3. The van der Waals surface area contributed by atoms with Crippen molar-refractivity contribution in [2.24, 2.45) is 22.7 Å². The van der Waals surface area contributed by atoms with Gasteiger partial charge in [0.1, 0.15) is 0 Å². The van der Waals surface area contributed by atoms with Gasteiger partial charge in [0.15, 0.2) is 5.78 Å². The van der Waals surface area contributed by atoms with Crippen LogP contribution in [0.4, 0.5) is 0 Å². The SMILES string of the molecule is CC1CCc2ccccc2C1.CCC1CCN(C=O)CC1.CN=C(C)NC(C)(CC(C)C)C(C)=O. The first-order valence-corrected chi connectivity index (χ1v) is 13.5. The highest BCUT2D eigenvalue weighted by atomic mass is 16.1. The number of rotatable bonds is 6. The molecule has 35 heavy (non-hydrogen) atoms. The number of ketones is 1. The number of amides is 1. The number of piperidine rings is 1. The normalized spacial score (nSPS) is 19.9. The monoisotopic (exact) mass is 485 g/mol. The van der Waals surface area contributed by atoms with Crippen molar-refractivity contribution in [3.63, 3.8) is 0 Å². The molecule has 1 aromatic rings. The van der Waals surface area contributed by atoms with Crippen LogP contribution in [-0.2, 0) is 22.4 Å². The number of carbonyl (C=O) groups excluding carboxylic acids is 2. The third-order valence-corrected chi connectivity index (χ3v) is 7.35. The van der Waals surface area contributed by atoms with E-state index in [1.54, 1.807) is 25.1 Å². The third-order valence-electron chi connectivity index (χ3n) is 7.35. The minimum absolute atomic E-state index is 0.161. The van der Waals surface area contributed by atoms with Gasteiger partial charge in [0.2, 0.25) is 6.41 Å². The number of hydrogen-bond acceptors (Lipinski definition) is 3. The quantitative estimate of drug-likeness (QED) is 0.301. The highest BCUT2D eigenvalue weighted by Crippen LogP contribution is 2.24. The van der Waals surface area contributed by atoms with Crippen LogP contribution in [0.3, 0.4) is 0 Å². The lowest BCUT2D eigenvalue weighted by Gasteiger charge is -2.30. The molecule has 2 aliphatic rings. The Morgan fingerprint density at radius 3 is 2.26 bits per heavy atom. The fourth-order valence-electron chi connectivity index (χ4n) is 4.90. The molecule has 1 saturated heterocycles. The van der Waals surface area contributed by atoms with Crippen LogP contribution in [0.5, 0.6) is 0 Å². The zero-order chi connectivity index (χ0) is 26.4. The van der Waals surface area contributed by atoms with Gasteiger partial charge in [0.25, 0.3) is 0 Å². The molecule has 1 fully saturated rings. The Labute approximate surface area is 215 Å². The van der Waals surface area contributed by atoms with Gasteiger partial charge in [-0.2, -0.15) is 0 Å². The molecule has 1 aliphatic carbocycles. The van der Waals surface area contributed by atoms with Crippen LogP contribution in [0.25, 0.3) is 0 Å². The second-order valence-corrected chi connectivity index (χ2v) is 11.0. The summed E-state index contributed by atoms with van der Waals surface area (Å²) in [6.45, 7) is 16.2. The number of aliphatic imine (C=N–C) groups is 1. The van der Waals surface area contributed by atoms with Crippen molar-refractivity contribution < 1.29 is 9.59 Å². The van der Waals surface area contributed by atoms with Crippen molar-refractivity contribution in [2.45, 2.75) is 99.0 Å². The van der Waals surface area contributed by atoms with Gasteiger partial charge in [-0.25, -0.2) is 0 Å². The Morgan fingerprint density at radius 2 is 1.77 bits per heavy atom. The molecule has 1 heterocycles. The lowest BCUT2D eigenvalue weighted by Crippen LogP contribution is -2.51. The summed E-state index contributed by atoms with van der Waals surface area (Å²) >= 11 is 0. The summed E-state index contributed by atoms with van der Waals surface area (Å²) in [6, 6.07) is 8.83. The predicted octanol–water partition coefficient (Wildman–Crippen LogP) is 6.09. The number of nitrogens with zero attached hydrogens (tertiary/aromatic N) is 2. The number of fused-ring (bicyclic) bond motifs is 1. The Morgan fingerprint density at radius 1 is 1.17 bits per heavy atom. The van der Waals surface area contributed by atoms with Crippen LogP contribution >= 0.6 is 0 Å². The van der Waals surface area contributed by atoms with Crippen molar-refractivity contribution in [1.82, 2.24) is 10.2 Å². The number of nitrogens with one attached hydrogen (secondary N) is 1. The summed E-state index contributed by atoms with van der Waals surface area (Å²) in [5, 5.41) is 3.17. The fraction of sp³-hybridized carbons (Fsp3) is 0.700. The van der Waals surface area contributed by atoms with Crippen molar-refractivity contribution in [3.8, 4) is 0 Å². The number of benzene rings is 1. The van der Waals surface area contributed by atoms with E-state index in [2.05, 4.69) is 62.3 Å². The molecule has 0 saturated carbocycles. The molecule has 0 radical (unpaired) electrons. The number of carbonyl (C=O) groups is 2. The third kappa shape index (κ3) is 11.4. The van der Waals surface area contributed by atoms with Gasteiger partial charge < -0.3 is 10.2 Å². The molecule has 3 rings (SSSR count). The van der Waals surface area contributed by atoms with Crippen LogP contribution in [0.1, 0.15) is 91.7 Å². The van der Waals surface area contributed by atoms with Crippen LogP contribution in [0.15, 0.2) is 29.3 Å². The van der Waals surface area contributed by atoms with E-state index in [9.17, 15) is 9.59 Å². The molecule has 5 nitrogen and oxygen atoms in total. The summed E-state index contributed by atoms with van der Waals surface area (Å²) in [7, 11) is 1.72. The summed E-state index contributed by atoms with van der Waals surface area (Å²) < 4.78 is 0. The molecule has 5 heteroatoms. The van der Waals surface area contributed by atoms with Crippen LogP contribution in [0.2, 0.25) is 0 Å². The molecule has 0 aromatic heterocycles. The molecule has 2 atom stereocenters. The lowest BCUT2D eigenvalue weighted by molar-refractivity contribution is -0.122. The zero-order valence-corrected chi connectivity index (χ0v) is 23.7. The molecule has 1 N–H and O–H groups in total. The Kier molecular flexibility index (Phi) is 13.9. The molecule has 2 unspecified atom stereocenters. The average molecular weight is 486 g/mol. The first-order valence-electron chi connectivity index (χ1n) is 13.5. The maximum Gasteiger partial charge on any atom is 0.209 e. The van der Waals surface area contributed by atoms with E-state index in [4.69, 9.17) is 0 Å². The molecular weight excluding hydrogens is 434 g/mol. The number of likely N-dealkylation sites (tertiary alicyclic amines) is 1. The molecule has 1 amide bonds. The first-order chi connectivity index (χ1) is 16.5. The summed E-state index contributed by atoms with van der Waals surface area (Å²) in [5.74, 6) is 3.22. The number of Topliss-reactive ketones (excluding diaryl/α,β-unsaturated/α-hetero) is 1. The molecular formula is C30H51N3O2. The van der Waals surface area contributed by atoms with Crippen LogP contribution in [0, 0.1) is 17.8 Å². The highest BCUT2D eigenvalue weighted by molar-refractivity contribution is 5.91. The van der Waals surface area contributed by atoms with Crippen LogP contribution < -0.4 is 5.32 Å². The minimum atomic E-state index is -0.474. The van der Waals surface area contributed by atoms with Gasteiger partial charge in [-0.3, -0.25) is 14.6 Å². The maximum absolute atomic E-state index is 11.5. The second-order valence-electron chi connectivity index (χ2n) is 11.0. The number of aryl methyl sites for hydroxylation is 1. The Bertz CT molecular complexity index is 797. The Balaban J connectivity index is 0.000000266. The molecule has 0 bridgehead atoms. The van der Waals surface area contributed by atoms with E-state index in [0.29, 0.717) is 5.92 Å². The van der Waals surface area contributed by atoms with Gasteiger partial charge in [-0.1, -0.05) is 58.4 Å². The second kappa shape index (κ2) is 15.7. The first kappa shape index (κ1) is 30.9. The smallest absolute Gasteiger partial charge is 0.209 e. The maximum atomic E-state index is 11.5. The predicted molar refractivity (Wildman–Crippen MR) is 149 cm³/mol. The largest absolute Gasteiger partial charge is 0.362 e.